The number of carbonyl (C=O) groups is 1. The van der Waals surface area contributed by atoms with E-state index in [-0.39, 0.29) is 18.4 Å². The van der Waals surface area contributed by atoms with E-state index in [0.717, 1.165) is 22.4 Å². The van der Waals surface area contributed by atoms with Crippen LogP contribution < -0.4 is 5.32 Å². The fraction of sp³-hybridized carbons (Fsp3) is 0.400. The molecule has 0 aliphatic rings. The minimum absolute atomic E-state index is 0.187. The van der Waals surface area contributed by atoms with Crippen molar-refractivity contribution in [1.29, 1.82) is 0 Å². The first kappa shape index (κ1) is 14.1. The topological polar surface area (TPSA) is 59.8 Å². The molecule has 5 nitrogen and oxygen atoms in total. The molecule has 0 aromatic carbocycles. The first-order chi connectivity index (χ1) is 9.45. The standard InChI is InChI=1S/C15H18N4O/c1-6-7-16-15(20)11-8-12(9(2)3)17-14-13(11)10(4)18-19(14)5/h1,8-9H,7H2,2-5H3,(H,16,20). The minimum Gasteiger partial charge on any atom is -0.341 e. The second-order valence-corrected chi connectivity index (χ2v) is 5.04. The molecule has 2 aromatic heterocycles. The van der Waals surface area contributed by atoms with Crippen molar-refractivity contribution >= 4 is 16.9 Å². The number of carbonyl (C=O) groups excluding carboxylic acids is 1. The molecule has 0 atom stereocenters. The van der Waals surface area contributed by atoms with E-state index in [9.17, 15) is 4.79 Å². The molecule has 0 spiro atoms. The van der Waals surface area contributed by atoms with E-state index in [1.54, 1.807) is 4.68 Å². The van der Waals surface area contributed by atoms with Crippen LogP contribution in [0.1, 0.15) is 41.5 Å². The average molecular weight is 270 g/mol. The van der Waals surface area contributed by atoms with E-state index < -0.39 is 0 Å². The Labute approximate surface area is 118 Å². The van der Waals surface area contributed by atoms with Crippen LogP contribution in [0.5, 0.6) is 0 Å². The number of aromatic nitrogens is 3. The van der Waals surface area contributed by atoms with Crippen molar-refractivity contribution in [3.8, 4) is 12.3 Å². The summed E-state index contributed by atoms with van der Waals surface area (Å²) in [6, 6.07) is 1.83. The predicted molar refractivity (Wildman–Crippen MR) is 78.5 cm³/mol. The van der Waals surface area contributed by atoms with E-state index >= 15 is 0 Å². The summed E-state index contributed by atoms with van der Waals surface area (Å²) in [6.07, 6.45) is 5.19. The third-order valence-electron chi connectivity index (χ3n) is 3.18. The van der Waals surface area contributed by atoms with Gasteiger partial charge in [0.25, 0.3) is 5.91 Å². The number of pyridine rings is 1. The SMILES string of the molecule is C#CCNC(=O)c1cc(C(C)C)nc2c1c(C)nn2C. The van der Waals surface area contributed by atoms with Gasteiger partial charge >= 0.3 is 0 Å². The molecule has 0 saturated carbocycles. The van der Waals surface area contributed by atoms with E-state index in [2.05, 4.69) is 21.3 Å². The molecule has 104 valence electrons. The van der Waals surface area contributed by atoms with E-state index in [1.165, 1.54) is 0 Å². The summed E-state index contributed by atoms with van der Waals surface area (Å²) in [5.74, 6) is 2.45. The Morgan fingerprint density at radius 3 is 2.85 bits per heavy atom. The van der Waals surface area contributed by atoms with Gasteiger partial charge in [-0.1, -0.05) is 19.8 Å². The molecule has 0 bridgehead atoms. The number of hydrogen-bond donors (Lipinski definition) is 1. The predicted octanol–water partition coefficient (Wildman–Crippen LogP) is 1.76. The van der Waals surface area contributed by atoms with Gasteiger partial charge in [-0.3, -0.25) is 9.48 Å². The number of fused-ring (bicyclic) bond motifs is 1. The first-order valence-electron chi connectivity index (χ1n) is 6.51. The third-order valence-corrected chi connectivity index (χ3v) is 3.18. The van der Waals surface area contributed by atoms with E-state index in [4.69, 9.17) is 6.42 Å². The van der Waals surface area contributed by atoms with Crippen LogP contribution in [0.4, 0.5) is 0 Å². The Kier molecular flexibility index (Phi) is 3.75. The Bertz CT molecular complexity index is 707. The second kappa shape index (κ2) is 5.33. The van der Waals surface area contributed by atoms with Gasteiger partial charge in [-0.2, -0.15) is 5.10 Å². The molecule has 1 amide bonds. The van der Waals surface area contributed by atoms with Crippen molar-refractivity contribution in [1.82, 2.24) is 20.1 Å². The zero-order chi connectivity index (χ0) is 14.9. The second-order valence-electron chi connectivity index (χ2n) is 5.04. The molecular weight excluding hydrogens is 252 g/mol. The molecule has 2 aromatic rings. The molecule has 0 radical (unpaired) electrons. The monoisotopic (exact) mass is 270 g/mol. The molecule has 0 aliphatic carbocycles. The Balaban J connectivity index is 2.67. The maximum atomic E-state index is 12.3. The molecule has 0 saturated heterocycles. The van der Waals surface area contributed by atoms with Crippen LogP contribution in [-0.2, 0) is 7.05 Å². The highest BCUT2D eigenvalue weighted by Gasteiger charge is 2.19. The van der Waals surface area contributed by atoms with Gasteiger partial charge in [0, 0.05) is 12.7 Å². The van der Waals surface area contributed by atoms with Gasteiger partial charge in [0.1, 0.15) is 0 Å². The molecule has 5 heteroatoms. The van der Waals surface area contributed by atoms with Crippen LogP contribution in [0.2, 0.25) is 0 Å². The van der Waals surface area contributed by atoms with Crippen LogP contribution in [0.15, 0.2) is 6.07 Å². The summed E-state index contributed by atoms with van der Waals surface area (Å²) >= 11 is 0. The highest BCUT2D eigenvalue weighted by Crippen LogP contribution is 2.24. The Hall–Kier alpha value is -2.35. The number of aryl methyl sites for hydroxylation is 2. The van der Waals surface area contributed by atoms with Gasteiger partial charge in [-0.15, -0.1) is 6.42 Å². The first-order valence-corrected chi connectivity index (χ1v) is 6.51. The van der Waals surface area contributed by atoms with Crippen LogP contribution in [0.3, 0.4) is 0 Å². The molecule has 20 heavy (non-hydrogen) atoms. The summed E-state index contributed by atoms with van der Waals surface area (Å²) in [5, 5.41) is 7.84. The maximum Gasteiger partial charge on any atom is 0.252 e. The molecule has 0 unspecified atom stereocenters. The summed E-state index contributed by atoms with van der Waals surface area (Å²) in [5.41, 5.74) is 2.96. The zero-order valence-electron chi connectivity index (χ0n) is 12.2. The van der Waals surface area contributed by atoms with Crippen LogP contribution in [0, 0.1) is 19.3 Å². The van der Waals surface area contributed by atoms with Crippen molar-refractivity contribution in [2.75, 3.05) is 6.54 Å². The van der Waals surface area contributed by atoms with Gasteiger partial charge in [0.2, 0.25) is 0 Å². The molecule has 0 aliphatic heterocycles. The zero-order valence-corrected chi connectivity index (χ0v) is 12.2. The number of hydrogen-bond acceptors (Lipinski definition) is 3. The lowest BCUT2D eigenvalue weighted by atomic mass is 10.0. The van der Waals surface area contributed by atoms with Crippen molar-refractivity contribution in [3.05, 3.63) is 23.0 Å². The Morgan fingerprint density at radius 2 is 2.25 bits per heavy atom. The van der Waals surface area contributed by atoms with Crippen LogP contribution >= 0.6 is 0 Å². The lowest BCUT2D eigenvalue weighted by Gasteiger charge is -2.09. The summed E-state index contributed by atoms with van der Waals surface area (Å²) < 4.78 is 1.70. The van der Waals surface area contributed by atoms with Crippen molar-refractivity contribution < 1.29 is 4.79 Å². The van der Waals surface area contributed by atoms with Crippen molar-refractivity contribution in [2.24, 2.45) is 7.05 Å². The van der Waals surface area contributed by atoms with Gasteiger partial charge in [0.15, 0.2) is 5.65 Å². The summed E-state index contributed by atoms with van der Waals surface area (Å²) in [4.78, 5) is 16.9. The van der Waals surface area contributed by atoms with Gasteiger partial charge in [0.05, 0.1) is 23.2 Å². The quantitative estimate of drug-likeness (QED) is 0.865. The Morgan fingerprint density at radius 1 is 1.55 bits per heavy atom. The molecule has 2 heterocycles. The number of nitrogens with zero attached hydrogens (tertiary/aromatic N) is 3. The number of amides is 1. The fourth-order valence-corrected chi connectivity index (χ4v) is 2.17. The maximum absolute atomic E-state index is 12.3. The third kappa shape index (κ3) is 2.37. The summed E-state index contributed by atoms with van der Waals surface area (Å²) in [7, 11) is 1.83. The van der Waals surface area contributed by atoms with Crippen molar-refractivity contribution in [3.63, 3.8) is 0 Å². The normalized spacial score (nSPS) is 10.8. The molecule has 2 rings (SSSR count). The fourth-order valence-electron chi connectivity index (χ4n) is 2.17. The van der Waals surface area contributed by atoms with Crippen molar-refractivity contribution in [2.45, 2.75) is 26.7 Å². The average Bonchev–Trinajstić information content (AvgIpc) is 2.70. The van der Waals surface area contributed by atoms with Gasteiger partial charge < -0.3 is 5.32 Å². The van der Waals surface area contributed by atoms with Gasteiger partial charge in [-0.05, 0) is 18.9 Å². The minimum atomic E-state index is -0.187. The van der Waals surface area contributed by atoms with Gasteiger partial charge in [-0.25, -0.2) is 4.98 Å². The van der Waals surface area contributed by atoms with Crippen LogP contribution in [-0.4, -0.2) is 27.2 Å². The van der Waals surface area contributed by atoms with Crippen LogP contribution in [0.25, 0.3) is 11.0 Å². The highest BCUT2D eigenvalue weighted by molar-refractivity contribution is 6.06. The molecular formula is C15H18N4O. The highest BCUT2D eigenvalue weighted by atomic mass is 16.1. The molecule has 1 N–H and O–H groups in total. The smallest absolute Gasteiger partial charge is 0.252 e. The number of nitrogens with one attached hydrogen (secondary N) is 1. The number of rotatable bonds is 3. The van der Waals surface area contributed by atoms with E-state index in [0.29, 0.717) is 5.56 Å². The lowest BCUT2D eigenvalue weighted by Crippen LogP contribution is -2.24. The summed E-state index contributed by atoms with van der Waals surface area (Å²) in [6.45, 7) is 6.16. The number of terminal acetylenes is 1. The lowest BCUT2D eigenvalue weighted by molar-refractivity contribution is 0.0960. The molecule has 0 fully saturated rings. The largest absolute Gasteiger partial charge is 0.341 e. The van der Waals surface area contributed by atoms with E-state index in [1.807, 2.05) is 33.9 Å².